The standard InChI is InChI=1S/C22H24N2OS3/c1-5-24-20(25)19(28-21(24)26)15-10-14(12-22(2,3)13-15)11-18-23(4)16-8-6-7-9-17(16)27-18/h6-11H,5,12-13H2,1-4H3/b18-11-,19-15-. The number of allylic oxidation sites excluding steroid dienone is 4. The number of anilines is 1. The average molecular weight is 429 g/mol. The van der Waals surface area contributed by atoms with Crippen LogP contribution in [0.3, 0.4) is 0 Å². The minimum Gasteiger partial charge on any atom is -0.338 e. The number of para-hydroxylation sites is 1. The van der Waals surface area contributed by atoms with Gasteiger partial charge >= 0.3 is 0 Å². The van der Waals surface area contributed by atoms with Crippen LogP contribution in [0.15, 0.2) is 62.4 Å². The fourth-order valence-corrected chi connectivity index (χ4v) is 6.51. The number of nitrogens with zero attached hydrogens (tertiary/aromatic N) is 2. The van der Waals surface area contributed by atoms with Crippen molar-refractivity contribution in [2.24, 2.45) is 5.41 Å². The Bertz CT molecular complexity index is 958. The van der Waals surface area contributed by atoms with Gasteiger partial charge in [-0.25, -0.2) is 0 Å². The van der Waals surface area contributed by atoms with Gasteiger partial charge in [-0.15, -0.1) is 0 Å². The largest absolute Gasteiger partial charge is 0.338 e. The SMILES string of the molecule is CCN1C(=O)/C(=C2C=C(/C=C3\Sc4ccccc4N3C)CC(C)(C)C\2)SC1=S. The Morgan fingerprint density at radius 2 is 1.96 bits per heavy atom. The number of benzene rings is 1. The number of fused-ring (bicyclic) bond motifs is 1. The molecule has 0 saturated carbocycles. The second-order valence-electron chi connectivity index (χ2n) is 8.12. The Labute approximate surface area is 180 Å². The summed E-state index contributed by atoms with van der Waals surface area (Å²) in [5.41, 5.74) is 3.76. The number of likely N-dealkylation sites (N-methyl/N-ethyl adjacent to an activating group) is 1. The number of hydrogen-bond donors (Lipinski definition) is 0. The highest BCUT2D eigenvalue weighted by Gasteiger charge is 2.36. The average Bonchev–Trinajstić information content (AvgIpc) is 3.10. The lowest BCUT2D eigenvalue weighted by atomic mass is 9.75. The zero-order valence-corrected chi connectivity index (χ0v) is 19.1. The van der Waals surface area contributed by atoms with Crippen molar-refractivity contribution in [2.45, 2.75) is 38.5 Å². The van der Waals surface area contributed by atoms with E-state index in [1.165, 1.54) is 32.9 Å². The van der Waals surface area contributed by atoms with Crippen molar-refractivity contribution >= 4 is 51.7 Å². The first kappa shape index (κ1) is 19.8. The smallest absolute Gasteiger partial charge is 0.266 e. The molecule has 0 atom stereocenters. The summed E-state index contributed by atoms with van der Waals surface area (Å²) in [6.45, 7) is 7.16. The Kier molecular flexibility index (Phi) is 5.23. The lowest BCUT2D eigenvalue weighted by Gasteiger charge is -2.31. The Morgan fingerprint density at radius 1 is 1.21 bits per heavy atom. The van der Waals surface area contributed by atoms with E-state index >= 15 is 0 Å². The molecule has 0 aromatic heterocycles. The van der Waals surface area contributed by atoms with Crippen LogP contribution < -0.4 is 4.90 Å². The topological polar surface area (TPSA) is 23.6 Å². The monoisotopic (exact) mass is 428 g/mol. The maximum atomic E-state index is 12.8. The summed E-state index contributed by atoms with van der Waals surface area (Å²) >= 11 is 8.67. The number of thiocarbonyl (C=S) groups is 1. The van der Waals surface area contributed by atoms with Crippen LogP contribution in [-0.4, -0.2) is 28.7 Å². The van der Waals surface area contributed by atoms with Gasteiger partial charge in [-0.1, -0.05) is 67.8 Å². The van der Waals surface area contributed by atoms with E-state index in [2.05, 4.69) is 62.2 Å². The highest BCUT2D eigenvalue weighted by Crippen LogP contribution is 2.48. The van der Waals surface area contributed by atoms with Crippen LogP contribution in [0, 0.1) is 5.41 Å². The first-order valence-corrected chi connectivity index (χ1v) is 11.5. The minimum absolute atomic E-state index is 0.0632. The van der Waals surface area contributed by atoms with Gasteiger partial charge < -0.3 is 4.90 Å². The highest BCUT2D eigenvalue weighted by molar-refractivity contribution is 8.26. The van der Waals surface area contributed by atoms with E-state index < -0.39 is 0 Å². The van der Waals surface area contributed by atoms with Crippen LogP contribution in [0.2, 0.25) is 0 Å². The molecule has 6 heteroatoms. The van der Waals surface area contributed by atoms with Gasteiger partial charge in [-0.05, 0) is 54.5 Å². The summed E-state index contributed by atoms with van der Waals surface area (Å²) in [6, 6.07) is 8.48. The Morgan fingerprint density at radius 3 is 2.64 bits per heavy atom. The summed E-state index contributed by atoms with van der Waals surface area (Å²) in [5, 5.41) is 1.23. The number of rotatable bonds is 2. The molecule has 1 fully saturated rings. The number of amides is 1. The zero-order chi connectivity index (χ0) is 20.1. The molecule has 4 rings (SSSR count). The van der Waals surface area contributed by atoms with Gasteiger partial charge in [0.15, 0.2) is 0 Å². The van der Waals surface area contributed by atoms with Crippen molar-refractivity contribution in [3.05, 3.63) is 57.5 Å². The van der Waals surface area contributed by atoms with E-state index in [4.69, 9.17) is 12.2 Å². The van der Waals surface area contributed by atoms with E-state index in [0.29, 0.717) is 10.9 Å². The molecular formula is C22H24N2OS3. The van der Waals surface area contributed by atoms with Crippen molar-refractivity contribution in [1.29, 1.82) is 0 Å². The second-order valence-corrected chi connectivity index (χ2v) is 10.8. The molecular weight excluding hydrogens is 404 g/mol. The fourth-order valence-electron chi connectivity index (χ4n) is 3.97. The molecule has 1 aromatic rings. The van der Waals surface area contributed by atoms with Gasteiger partial charge in [0, 0.05) is 18.5 Å². The van der Waals surface area contributed by atoms with Gasteiger partial charge in [0.05, 0.1) is 15.6 Å². The van der Waals surface area contributed by atoms with Crippen molar-refractivity contribution in [2.75, 3.05) is 18.5 Å². The third kappa shape index (κ3) is 3.58. The molecule has 1 aliphatic carbocycles. The van der Waals surface area contributed by atoms with E-state index in [1.54, 1.807) is 16.7 Å². The van der Waals surface area contributed by atoms with Crippen LogP contribution in [0.4, 0.5) is 5.69 Å². The maximum absolute atomic E-state index is 12.8. The summed E-state index contributed by atoms with van der Waals surface area (Å²) in [4.78, 5) is 18.9. The molecule has 0 bridgehead atoms. The van der Waals surface area contributed by atoms with Crippen molar-refractivity contribution < 1.29 is 4.79 Å². The van der Waals surface area contributed by atoms with Gasteiger partial charge in [-0.2, -0.15) is 0 Å². The summed E-state index contributed by atoms with van der Waals surface area (Å²) < 4.78 is 0.674. The predicted octanol–water partition coefficient (Wildman–Crippen LogP) is 5.95. The second kappa shape index (κ2) is 7.39. The van der Waals surface area contributed by atoms with Gasteiger partial charge in [0.25, 0.3) is 5.91 Å². The summed E-state index contributed by atoms with van der Waals surface area (Å²) in [7, 11) is 2.12. The lowest BCUT2D eigenvalue weighted by Crippen LogP contribution is -2.28. The van der Waals surface area contributed by atoms with Crippen molar-refractivity contribution in [3.63, 3.8) is 0 Å². The Hall–Kier alpha value is -1.50. The number of carbonyl (C=O) groups is 1. The maximum Gasteiger partial charge on any atom is 0.266 e. The van der Waals surface area contributed by atoms with Crippen LogP contribution in [0.1, 0.15) is 33.6 Å². The molecule has 0 radical (unpaired) electrons. The summed E-state index contributed by atoms with van der Waals surface area (Å²) in [6.07, 6.45) is 6.40. The van der Waals surface area contributed by atoms with Gasteiger partial charge in [0.2, 0.25) is 0 Å². The van der Waals surface area contributed by atoms with Crippen molar-refractivity contribution in [3.8, 4) is 0 Å². The zero-order valence-electron chi connectivity index (χ0n) is 16.6. The third-order valence-corrected chi connectivity index (χ3v) is 7.92. The van der Waals surface area contributed by atoms with Crippen LogP contribution >= 0.6 is 35.7 Å². The van der Waals surface area contributed by atoms with Crippen LogP contribution in [-0.2, 0) is 4.79 Å². The quantitative estimate of drug-likeness (QED) is 0.428. The molecule has 3 nitrogen and oxygen atoms in total. The molecule has 2 heterocycles. The van der Waals surface area contributed by atoms with E-state index in [0.717, 1.165) is 23.3 Å². The minimum atomic E-state index is 0.0632. The van der Waals surface area contributed by atoms with E-state index in [9.17, 15) is 4.79 Å². The lowest BCUT2D eigenvalue weighted by molar-refractivity contribution is -0.122. The van der Waals surface area contributed by atoms with E-state index in [-0.39, 0.29) is 11.3 Å². The molecule has 28 heavy (non-hydrogen) atoms. The Balaban J connectivity index is 1.71. The third-order valence-electron chi connectivity index (χ3n) is 5.25. The van der Waals surface area contributed by atoms with E-state index in [1.807, 2.05) is 6.92 Å². The normalized spacial score (nSPS) is 25.6. The number of hydrogen-bond acceptors (Lipinski definition) is 5. The first-order chi connectivity index (χ1) is 13.3. The number of carbonyl (C=O) groups excluding carboxylic acids is 1. The molecule has 0 spiro atoms. The summed E-state index contributed by atoms with van der Waals surface area (Å²) in [5.74, 6) is 0.0632. The van der Waals surface area contributed by atoms with Gasteiger partial charge in [0.1, 0.15) is 4.32 Å². The van der Waals surface area contributed by atoms with Crippen molar-refractivity contribution in [1.82, 2.24) is 4.90 Å². The number of thioether (sulfide) groups is 2. The molecule has 0 N–H and O–H groups in total. The molecule has 1 amide bonds. The van der Waals surface area contributed by atoms with Crippen LogP contribution in [0.25, 0.3) is 0 Å². The predicted molar refractivity (Wildman–Crippen MR) is 124 cm³/mol. The molecule has 3 aliphatic rings. The highest BCUT2D eigenvalue weighted by atomic mass is 32.2. The van der Waals surface area contributed by atoms with Crippen LogP contribution in [0.5, 0.6) is 0 Å². The molecule has 1 aromatic carbocycles. The fraction of sp³-hybridized carbons (Fsp3) is 0.364. The van der Waals surface area contributed by atoms with Gasteiger partial charge in [-0.3, -0.25) is 9.69 Å². The molecule has 146 valence electrons. The molecule has 1 saturated heterocycles. The first-order valence-electron chi connectivity index (χ1n) is 9.49. The molecule has 0 unspecified atom stereocenters. The molecule has 2 aliphatic heterocycles.